The van der Waals surface area contributed by atoms with Gasteiger partial charge in [0.1, 0.15) is 11.3 Å². The zero-order valence-electron chi connectivity index (χ0n) is 10.9. The average Bonchev–Trinajstić information content (AvgIpc) is 2.47. The number of hydrogen-bond acceptors (Lipinski definition) is 4. The molecule has 0 saturated carbocycles. The molecule has 0 spiro atoms. The first kappa shape index (κ1) is 13.4. The Kier molecular flexibility index (Phi) is 3.46. The molecule has 104 valence electrons. The highest BCUT2D eigenvalue weighted by molar-refractivity contribution is 6.31. The van der Waals surface area contributed by atoms with Gasteiger partial charge in [-0.1, -0.05) is 29.8 Å². The van der Waals surface area contributed by atoms with Crippen LogP contribution >= 0.6 is 11.6 Å². The lowest BCUT2D eigenvalue weighted by molar-refractivity contribution is 0.563. The number of fused-ring (bicyclic) bond motifs is 1. The van der Waals surface area contributed by atoms with Crippen LogP contribution in [0.15, 0.2) is 62.7 Å². The Morgan fingerprint density at radius 1 is 1.14 bits per heavy atom. The Hall–Kier alpha value is -2.59. The summed E-state index contributed by atoms with van der Waals surface area (Å²) in [5.74, 6) is 0. The van der Waals surface area contributed by atoms with Gasteiger partial charge in [-0.25, -0.2) is 9.79 Å². The average molecular weight is 299 g/mol. The van der Waals surface area contributed by atoms with Crippen LogP contribution in [0, 0.1) is 0 Å². The lowest BCUT2D eigenvalue weighted by Crippen LogP contribution is -1.98. The maximum absolute atomic E-state index is 11.9. The summed E-state index contributed by atoms with van der Waals surface area (Å²) in [5, 5.41) is 1.29. The predicted octanol–water partition coefficient (Wildman–Crippen LogP) is 3.78. The summed E-state index contributed by atoms with van der Waals surface area (Å²) in [6.07, 6.45) is 1.54. The lowest BCUT2D eigenvalue weighted by Gasteiger charge is -2.00. The summed E-state index contributed by atoms with van der Waals surface area (Å²) in [5.41, 5.74) is 7.33. The Bertz CT molecular complexity index is 900. The van der Waals surface area contributed by atoms with Gasteiger partial charge in [0.25, 0.3) is 0 Å². The van der Waals surface area contributed by atoms with Crippen molar-refractivity contribution in [2.75, 3.05) is 5.73 Å². The predicted molar refractivity (Wildman–Crippen MR) is 85.6 cm³/mol. The van der Waals surface area contributed by atoms with Crippen molar-refractivity contribution in [3.63, 3.8) is 0 Å². The van der Waals surface area contributed by atoms with Crippen molar-refractivity contribution in [1.82, 2.24) is 0 Å². The molecule has 2 N–H and O–H groups in total. The molecule has 0 bridgehead atoms. The molecule has 0 amide bonds. The first-order chi connectivity index (χ1) is 10.1. The number of aliphatic imine (C=N–C) groups is 1. The van der Waals surface area contributed by atoms with E-state index in [1.807, 2.05) is 18.2 Å². The van der Waals surface area contributed by atoms with Crippen molar-refractivity contribution in [2.45, 2.75) is 0 Å². The molecule has 1 aromatic heterocycles. The number of anilines is 1. The van der Waals surface area contributed by atoms with E-state index in [-0.39, 0.29) is 5.69 Å². The highest BCUT2D eigenvalue weighted by Gasteiger charge is 2.04. The summed E-state index contributed by atoms with van der Waals surface area (Å²) in [4.78, 5) is 16.0. The number of rotatable bonds is 2. The van der Waals surface area contributed by atoms with E-state index >= 15 is 0 Å². The summed E-state index contributed by atoms with van der Waals surface area (Å²) in [6, 6.07) is 13.9. The molecule has 0 saturated heterocycles. The van der Waals surface area contributed by atoms with Gasteiger partial charge in [0.05, 0.1) is 0 Å². The fourth-order valence-electron chi connectivity index (χ4n) is 1.94. The van der Waals surface area contributed by atoms with Crippen molar-refractivity contribution in [1.29, 1.82) is 0 Å². The minimum atomic E-state index is -0.504. The van der Waals surface area contributed by atoms with Gasteiger partial charge in [0, 0.05) is 27.9 Å². The topological polar surface area (TPSA) is 68.6 Å². The molecule has 0 atom stereocenters. The van der Waals surface area contributed by atoms with Gasteiger partial charge in [-0.2, -0.15) is 0 Å². The van der Waals surface area contributed by atoms with Crippen LogP contribution in [-0.2, 0) is 0 Å². The summed E-state index contributed by atoms with van der Waals surface area (Å²) >= 11 is 5.93. The second-order valence-corrected chi connectivity index (χ2v) is 4.92. The first-order valence-electron chi connectivity index (χ1n) is 6.25. The molecule has 3 aromatic rings. The maximum Gasteiger partial charge on any atom is 0.362 e. The molecule has 0 radical (unpaired) electrons. The Morgan fingerprint density at radius 3 is 2.76 bits per heavy atom. The largest absolute Gasteiger partial charge is 0.421 e. The Balaban J connectivity index is 2.06. The fourth-order valence-corrected chi connectivity index (χ4v) is 2.12. The minimum absolute atomic E-state index is 0.202. The number of benzene rings is 2. The number of hydrogen-bond donors (Lipinski definition) is 1. The molecular weight excluding hydrogens is 288 g/mol. The van der Waals surface area contributed by atoms with Gasteiger partial charge in [0.15, 0.2) is 0 Å². The monoisotopic (exact) mass is 298 g/mol. The molecular formula is C16H11ClN2O2. The standard InChI is InChI=1S/C16H11ClN2O2/c17-12-5-6-15-11(7-12)8-14(16(20)21-15)19-9-10-3-1-2-4-13(10)18/h1-9H,18H2. The van der Waals surface area contributed by atoms with E-state index in [1.165, 1.54) is 6.21 Å². The van der Waals surface area contributed by atoms with Gasteiger partial charge >= 0.3 is 5.63 Å². The van der Waals surface area contributed by atoms with E-state index in [0.717, 1.165) is 10.9 Å². The van der Waals surface area contributed by atoms with Gasteiger partial charge in [0.2, 0.25) is 0 Å². The van der Waals surface area contributed by atoms with Crippen molar-refractivity contribution in [3.05, 3.63) is 69.5 Å². The van der Waals surface area contributed by atoms with E-state index in [0.29, 0.717) is 16.3 Å². The zero-order valence-corrected chi connectivity index (χ0v) is 11.7. The second-order valence-electron chi connectivity index (χ2n) is 4.49. The summed E-state index contributed by atoms with van der Waals surface area (Å²) < 4.78 is 5.21. The normalized spacial score (nSPS) is 11.3. The molecule has 0 aliphatic carbocycles. The number of nitrogens with zero attached hydrogens (tertiary/aromatic N) is 1. The van der Waals surface area contributed by atoms with Crippen molar-refractivity contribution < 1.29 is 4.42 Å². The highest BCUT2D eigenvalue weighted by Crippen LogP contribution is 2.21. The van der Waals surface area contributed by atoms with Crippen LogP contribution in [0.4, 0.5) is 11.4 Å². The van der Waals surface area contributed by atoms with Crippen molar-refractivity contribution in [2.24, 2.45) is 4.99 Å². The molecule has 0 aliphatic heterocycles. The molecule has 1 heterocycles. The third kappa shape index (κ3) is 2.80. The number of para-hydroxylation sites is 1. The second kappa shape index (κ2) is 5.42. The number of halogens is 1. The molecule has 0 fully saturated rings. The third-order valence-corrected chi connectivity index (χ3v) is 3.25. The minimum Gasteiger partial charge on any atom is -0.421 e. The van der Waals surface area contributed by atoms with E-state index in [1.54, 1.807) is 30.3 Å². The Labute approximate surface area is 125 Å². The van der Waals surface area contributed by atoms with Crippen LogP contribution in [0.3, 0.4) is 0 Å². The smallest absolute Gasteiger partial charge is 0.362 e. The molecule has 2 aromatic carbocycles. The van der Waals surface area contributed by atoms with Crippen LogP contribution in [-0.4, -0.2) is 6.21 Å². The molecule has 0 unspecified atom stereocenters. The van der Waals surface area contributed by atoms with Crippen molar-refractivity contribution >= 4 is 40.2 Å². The first-order valence-corrected chi connectivity index (χ1v) is 6.63. The summed E-state index contributed by atoms with van der Waals surface area (Å²) in [6.45, 7) is 0. The maximum atomic E-state index is 11.9. The SMILES string of the molecule is Nc1ccccc1C=Nc1cc2cc(Cl)ccc2oc1=O. The molecule has 4 nitrogen and oxygen atoms in total. The van der Waals surface area contributed by atoms with E-state index in [4.69, 9.17) is 21.8 Å². The molecule has 5 heteroatoms. The Morgan fingerprint density at radius 2 is 1.95 bits per heavy atom. The van der Waals surface area contributed by atoms with Gasteiger partial charge in [-0.05, 0) is 30.3 Å². The van der Waals surface area contributed by atoms with Crippen LogP contribution in [0.1, 0.15) is 5.56 Å². The molecule has 0 aliphatic rings. The van der Waals surface area contributed by atoms with E-state index in [9.17, 15) is 4.79 Å². The summed E-state index contributed by atoms with van der Waals surface area (Å²) in [7, 11) is 0. The lowest BCUT2D eigenvalue weighted by atomic mass is 10.2. The van der Waals surface area contributed by atoms with E-state index in [2.05, 4.69) is 4.99 Å². The van der Waals surface area contributed by atoms with Crippen LogP contribution in [0.5, 0.6) is 0 Å². The van der Waals surface area contributed by atoms with Crippen molar-refractivity contribution in [3.8, 4) is 0 Å². The molecule has 3 rings (SSSR count). The third-order valence-electron chi connectivity index (χ3n) is 3.01. The van der Waals surface area contributed by atoms with Crippen LogP contribution in [0.2, 0.25) is 5.02 Å². The number of nitrogen functional groups attached to an aromatic ring is 1. The van der Waals surface area contributed by atoms with Gasteiger partial charge in [-0.3, -0.25) is 0 Å². The number of nitrogens with two attached hydrogens (primary N) is 1. The van der Waals surface area contributed by atoms with Crippen LogP contribution < -0.4 is 11.4 Å². The molecule has 21 heavy (non-hydrogen) atoms. The van der Waals surface area contributed by atoms with Crippen LogP contribution in [0.25, 0.3) is 11.0 Å². The zero-order chi connectivity index (χ0) is 14.8. The highest BCUT2D eigenvalue weighted by atomic mass is 35.5. The van der Waals surface area contributed by atoms with E-state index < -0.39 is 5.63 Å². The fraction of sp³-hybridized carbons (Fsp3) is 0. The van der Waals surface area contributed by atoms with Gasteiger partial charge in [-0.15, -0.1) is 0 Å². The quantitative estimate of drug-likeness (QED) is 0.445. The van der Waals surface area contributed by atoms with Gasteiger partial charge < -0.3 is 10.2 Å².